The fourth-order valence-corrected chi connectivity index (χ4v) is 1.90. The van der Waals surface area contributed by atoms with E-state index in [2.05, 4.69) is 20.8 Å². The minimum atomic E-state index is 0. The van der Waals surface area contributed by atoms with E-state index in [-0.39, 0.29) is 12.4 Å². The maximum Gasteiger partial charge on any atom is 0.315 e. The second-order valence-corrected chi connectivity index (χ2v) is 4.40. The summed E-state index contributed by atoms with van der Waals surface area (Å²) in [5.41, 5.74) is 1.13. The Hall–Kier alpha value is -1.99. The predicted octanol–water partition coefficient (Wildman–Crippen LogP) is 1.88. The summed E-state index contributed by atoms with van der Waals surface area (Å²) in [5, 5.41) is 13.9. The number of ether oxygens (including phenoxy) is 2. The molecular formula is C14H21ClN4O3. The number of rotatable bonds is 8. The van der Waals surface area contributed by atoms with Gasteiger partial charge < -0.3 is 24.5 Å². The number of aromatic nitrogens is 2. The van der Waals surface area contributed by atoms with Crippen molar-refractivity contribution in [3.05, 3.63) is 29.7 Å². The lowest BCUT2D eigenvalue weighted by atomic mass is 10.1. The molecule has 0 fully saturated rings. The van der Waals surface area contributed by atoms with Crippen LogP contribution in [-0.4, -0.2) is 38.0 Å². The average Bonchev–Trinajstić information content (AvgIpc) is 2.95. The van der Waals surface area contributed by atoms with Crippen LogP contribution < -0.4 is 20.1 Å². The molecule has 0 saturated carbocycles. The molecule has 0 radical (unpaired) electrons. The van der Waals surface area contributed by atoms with Crippen LogP contribution in [0, 0.1) is 0 Å². The van der Waals surface area contributed by atoms with E-state index >= 15 is 0 Å². The van der Waals surface area contributed by atoms with E-state index in [1.54, 1.807) is 14.2 Å². The summed E-state index contributed by atoms with van der Waals surface area (Å²) in [5.74, 6) is 2.01. The van der Waals surface area contributed by atoms with Crippen LogP contribution in [0.2, 0.25) is 0 Å². The molecule has 2 N–H and O–H groups in total. The molecule has 7 nitrogen and oxygen atoms in total. The van der Waals surface area contributed by atoms with E-state index < -0.39 is 0 Å². The largest absolute Gasteiger partial charge is 0.493 e. The average molecular weight is 329 g/mol. The zero-order valence-electron chi connectivity index (χ0n) is 12.9. The molecule has 0 spiro atoms. The van der Waals surface area contributed by atoms with E-state index in [1.165, 1.54) is 0 Å². The molecule has 0 aliphatic carbocycles. The SMILES string of the molecule is CNCc1nnc(NCCc2ccc(OC)c(OC)c2)o1.Cl. The van der Waals surface area contributed by atoms with Crippen molar-refractivity contribution in [1.29, 1.82) is 0 Å². The number of hydrogen-bond acceptors (Lipinski definition) is 7. The molecule has 2 aromatic rings. The van der Waals surface area contributed by atoms with Crippen LogP contribution in [0.15, 0.2) is 22.6 Å². The number of nitrogens with one attached hydrogen (secondary N) is 2. The summed E-state index contributed by atoms with van der Waals surface area (Å²) in [6.07, 6.45) is 0.810. The van der Waals surface area contributed by atoms with Gasteiger partial charge in [0.1, 0.15) is 0 Å². The second kappa shape index (κ2) is 9.11. The van der Waals surface area contributed by atoms with Crippen molar-refractivity contribution in [1.82, 2.24) is 15.5 Å². The molecule has 8 heteroatoms. The van der Waals surface area contributed by atoms with Gasteiger partial charge in [-0.3, -0.25) is 0 Å². The van der Waals surface area contributed by atoms with Crippen LogP contribution in [0.1, 0.15) is 11.5 Å². The number of anilines is 1. The second-order valence-electron chi connectivity index (χ2n) is 4.40. The molecule has 1 aromatic carbocycles. The zero-order valence-corrected chi connectivity index (χ0v) is 13.7. The Bertz CT molecular complexity index is 577. The summed E-state index contributed by atoms with van der Waals surface area (Å²) in [6.45, 7) is 1.25. The van der Waals surface area contributed by atoms with E-state index in [9.17, 15) is 0 Å². The van der Waals surface area contributed by atoms with Crippen LogP contribution in [-0.2, 0) is 13.0 Å². The minimum absolute atomic E-state index is 0. The van der Waals surface area contributed by atoms with E-state index in [0.29, 0.717) is 25.0 Å². The van der Waals surface area contributed by atoms with Crippen LogP contribution in [0.25, 0.3) is 0 Å². The normalized spacial score (nSPS) is 9.95. The van der Waals surface area contributed by atoms with E-state index in [1.807, 2.05) is 25.2 Å². The summed E-state index contributed by atoms with van der Waals surface area (Å²) in [7, 11) is 5.08. The fourth-order valence-electron chi connectivity index (χ4n) is 1.90. The monoisotopic (exact) mass is 328 g/mol. The van der Waals surface area contributed by atoms with Crippen LogP contribution in [0.4, 0.5) is 6.01 Å². The van der Waals surface area contributed by atoms with Crippen LogP contribution in [0.3, 0.4) is 0 Å². The Morgan fingerprint density at radius 1 is 1.14 bits per heavy atom. The summed E-state index contributed by atoms with van der Waals surface area (Å²) < 4.78 is 15.9. The molecule has 0 aliphatic rings. The molecule has 0 aliphatic heterocycles. The van der Waals surface area contributed by atoms with Gasteiger partial charge in [0.25, 0.3) is 0 Å². The maximum atomic E-state index is 5.40. The highest BCUT2D eigenvalue weighted by Gasteiger charge is 2.06. The molecule has 0 saturated heterocycles. The molecular weight excluding hydrogens is 308 g/mol. The molecule has 122 valence electrons. The van der Waals surface area contributed by atoms with E-state index in [4.69, 9.17) is 13.9 Å². The quantitative estimate of drug-likeness (QED) is 0.765. The third-order valence-corrected chi connectivity index (χ3v) is 2.93. The van der Waals surface area contributed by atoms with Gasteiger partial charge in [-0.25, -0.2) is 0 Å². The summed E-state index contributed by atoms with van der Waals surface area (Å²) in [6, 6.07) is 6.29. The number of hydrogen-bond donors (Lipinski definition) is 2. The highest BCUT2D eigenvalue weighted by atomic mass is 35.5. The molecule has 1 heterocycles. The first-order valence-electron chi connectivity index (χ1n) is 6.68. The highest BCUT2D eigenvalue weighted by molar-refractivity contribution is 5.85. The van der Waals surface area contributed by atoms with Crippen molar-refractivity contribution < 1.29 is 13.9 Å². The van der Waals surface area contributed by atoms with Gasteiger partial charge in [-0.1, -0.05) is 11.2 Å². The van der Waals surface area contributed by atoms with Gasteiger partial charge in [-0.05, 0) is 31.2 Å². The smallest absolute Gasteiger partial charge is 0.315 e. The topological polar surface area (TPSA) is 81.4 Å². The van der Waals surface area contributed by atoms with Gasteiger partial charge in [0.2, 0.25) is 5.89 Å². The van der Waals surface area contributed by atoms with Crippen molar-refractivity contribution in [3.8, 4) is 11.5 Å². The maximum absolute atomic E-state index is 5.40. The van der Waals surface area contributed by atoms with Gasteiger partial charge in [0.15, 0.2) is 11.5 Å². The van der Waals surface area contributed by atoms with Crippen molar-refractivity contribution >= 4 is 18.4 Å². The molecule has 0 amide bonds. The van der Waals surface area contributed by atoms with Crippen molar-refractivity contribution in [2.75, 3.05) is 33.1 Å². The Labute approximate surface area is 135 Å². The molecule has 22 heavy (non-hydrogen) atoms. The molecule has 0 unspecified atom stereocenters. The first kappa shape index (κ1) is 18.1. The highest BCUT2D eigenvalue weighted by Crippen LogP contribution is 2.27. The summed E-state index contributed by atoms with van der Waals surface area (Å²) >= 11 is 0. The van der Waals surface area contributed by atoms with Gasteiger partial charge in [-0.2, -0.15) is 0 Å². The van der Waals surface area contributed by atoms with Gasteiger partial charge in [0.05, 0.1) is 20.8 Å². The van der Waals surface area contributed by atoms with Crippen molar-refractivity contribution in [3.63, 3.8) is 0 Å². The Kier molecular flexibility index (Phi) is 7.48. The molecule has 1 aromatic heterocycles. The third kappa shape index (κ3) is 4.78. The predicted molar refractivity (Wildman–Crippen MR) is 86.0 cm³/mol. The first-order chi connectivity index (χ1) is 10.3. The summed E-state index contributed by atoms with van der Waals surface area (Å²) in [4.78, 5) is 0. The van der Waals surface area contributed by atoms with Gasteiger partial charge >= 0.3 is 6.01 Å². The number of halogens is 1. The Balaban J connectivity index is 0.00000242. The third-order valence-electron chi connectivity index (χ3n) is 2.93. The standard InChI is InChI=1S/C14H20N4O3.ClH/c1-15-9-13-17-18-14(21-13)16-7-6-10-4-5-11(19-2)12(8-10)20-3;/h4-5,8,15H,6-7,9H2,1-3H3,(H,16,18);1H. The van der Waals surface area contributed by atoms with Gasteiger partial charge in [-0.15, -0.1) is 17.5 Å². The molecule has 0 atom stereocenters. The van der Waals surface area contributed by atoms with Crippen molar-refractivity contribution in [2.45, 2.75) is 13.0 Å². The Morgan fingerprint density at radius 3 is 2.59 bits per heavy atom. The Morgan fingerprint density at radius 2 is 1.91 bits per heavy atom. The van der Waals surface area contributed by atoms with Crippen LogP contribution >= 0.6 is 12.4 Å². The fraction of sp³-hybridized carbons (Fsp3) is 0.429. The van der Waals surface area contributed by atoms with E-state index in [0.717, 1.165) is 23.5 Å². The lowest BCUT2D eigenvalue weighted by Crippen LogP contribution is -2.05. The lowest BCUT2D eigenvalue weighted by Gasteiger charge is -2.09. The lowest BCUT2D eigenvalue weighted by molar-refractivity contribution is 0.354. The molecule has 0 bridgehead atoms. The van der Waals surface area contributed by atoms with Gasteiger partial charge in [0, 0.05) is 6.54 Å². The van der Waals surface area contributed by atoms with Crippen molar-refractivity contribution in [2.24, 2.45) is 0 Å². The molecule has 2 rings (SSSR count). The first-order valence-corrected chi connectivity index (χ1v) is 6.68. The zero-order chi connectivity index (χ0) is 15.1. The number of methoxy groups -OCH3 is 2. The van der Waals surface area contributed by atoms with Crippen LogP contribution in [0.5, 0.6) is 11.5 Å². The minimum Gasteiger partial charge on any atom is -0.493 e. The number of benzene rings is 1. The number of nitrogens with zero attached hydrogens (tertiary/aromatic N) is 2.